The highest BCUT2D eigenvalue weighted by Crippen LogP contribution is 2.29. The molecule has 7 nitrogen and oxygen atoms in total. The van der Waals surface area contributed by atoms with Gasteiger partial charge in [-0.25, -0.2) is 9.37 Å². The molecule has 1 saturated heterocycles. The molecule has 2 N–H and O–H groups in total. The first-order valence-electron chi connectivity index (χ1n) is 8.36. The fraction of sp³-hybridized carbons (Fsp3) is 0.294. The molecule has 1 amide bonds. The highest BCUT2D eigenvalue weighted by Gasteiger charge is 2.27. The van der Waals surface area contributed by atoms with Gasteiger partial charge in [0.2, 0.25) is 5.91 Å². The standard InChI is InChI=1S/C17H15BrFN5O2S/c18-10-1-2-12(11(19)7-10)22-15(25)9-3-5-24(6-4-9)17-23-14-13(27-17)16(26)21-8-20-14/h1-2,7-9H,3-6H2,(H,22,25)(H,20,21,26). The van der Waals surface area contributed by atoms with E-state index < -0.39 is 5.82 Å². The fourth-order valence-corrected chi connectivity index (χ4v) is 4.35. The number of benzene rings is 1. The van der Waals surface area contributed by atoms with Gasteiger partial charge in [-0.3, -0.25) is 9.59 Å². The van der Waals surface area contributed by atoms with Crippen molar-refractivity contribution in [2.75, 3.05) is 23.3 Å². The minimum atomic E-state index is -0.470. The molecule has 1 aromatic carbocycles. The number of H-pyrrole nitrogens is 1. The Hall–Kier alpha value is -2.33. The maximum atomic E-state index is 13.9. The molecule has 3 heterocycles. The lowest BCUT2D eigenvalue weighted by atomic mass is 9.96. The summed E-state index contributed by atoms with van der Waals surface area (Å²) in [7, 11) is 0. The molecule has 0 saturated carbocycles. The average molecular weight is 452 g/mol. The SMILES string of the molecule is O=C(Nc1ccc(Br)cc1F)C1CCN(c2nc3nc[nH]c(=O)c3s2)CC1. The van der Waals surface area contributed by atoms with Crippen molar-refractivity contribution in [3.63, 3.8) is 0 Å². The van der Waals surface area contributed by atoms with Crippen molar-refractivity contribution < 1.29 is 9.18 Å². The number of halogens is 2. The van der Waals surface area contributed by atoms with Gasteiger partial charge in [0.05, 0.1) is 12.0 Å². The van der Waals surface area contributed by atoms with Crippen LogP contribution in [0.3, 0.4) is 0 Å². The van der Waals surface area contributed by atoms with E-state index in [1.807, 2.05) is 0 Å². The number of hydrogen-bond donors (Lipinski definition) is 2. The number of rotatable bonds is 3. The second-order valence-corrected chi connectivity index (χ2v) is 8.15. The molecule has 2 aromatic heterocycles. The summed E-state index contributed by atoms with van der Waals surface area (Å²) in [6.07, 6.45) is 2.60. The maximum absolute atomic E-state index is 13.9. The summed E-state index contributed by atoms with van der Waals surface area (Å²) in [5, 5.41) is 3.40. The average Bonchev–Trinajstić information content (AvgIpc) is 3.10. The lowest BCUT2D eigenvalue weighted by molar-refractivity contribution is -0.120. The van der Waals surface area contributed by atoms with E-state index in [1.54, 1.807) is 6.07 Å². The van der Waals surface area contributed by atoms with Crippen LogP contribution in [0.2, 0.25) is 0 Å². The van der Waals surface area contributed by atoms with E-state index in [1.165, 1.54) is 29.8 Å². The number of piperidine rings is 1. The summed E-state index contributed by atoms with van der Waals surface area (Å²) in [6.45, 7) is 1.28. The molecule has 3 aromatic rings. The van der Waals surface area contributed by atoms with Crippen molar-refractivity contribution in [1.82, 2.24) is 15.0 Å². The van der Waals surface area contributed by atoms with Crippen LogP contribution < -0.4 is 15.8 Å². The smallest absolute Gasteiger partial charge is 0.270 e. The van der Waals surface area contributed by atoms with Crippen molar-refractivity contribution in [3.8, 4) is 0 Å². The van der Waals surface area contributed by atoms with Gasteiger partial charge < -0.3 is 15.2 Å². The van der Waals surface area contributed by atoms with Gasteiger partial charge in [0.15, 0.2) is 10.8 Å². The number of fused-ring (bicyclic) bond motifs is 1. The topological polar surface area (TPSA) is 91.0 Å². The number of anilines is 2. The monoisotopic (exact) mass is 451 g/mol. The molecule has 0 aliphatic carbocycles. The number of carbonyl (C=O) groups excluding carboxylic acids is 1. The van der Waals surface area contributed by atoms with E-state index in [0.717, 1.165) is 5.13 Å². The highest BCUT2D eigenvalue weighted by atomic mass is 79.9. The number of hydrogen-bond acceptors (Lipinski definition) is 6. The molecule has 0 radical (unpaired) electrons. The molecule has 140 valence electrons. The molecule has 0 atom stereocenters. The van der Waals surface area contributed by atoms with Gasteiger partial charge in [0.1, 0.15) is 10.5 Å². The Bertz CT molecular complexity index is 1060. The summed E-state index contributed by atoms with van der Waals surface area (Å²) < 4.78 is 15.0. The zero-order chi connectivity index (χ0) is 19.0. The predicted octanol–water partition coefficient (Wildman–Crippen LogP) is 3.14. The van der Waals surface area contributed by atoms with Crippen molar-refractivity contribution in [3.05, 3.63) is 45.2 Å². The second kappa shape index (κ2) is 7.35. The van der Waals surface area contributed by atoms with Gasteiger partial charge in [-0.1, -0.05) is 27.3 Å². The Balaban J connectivity index is 1.41. The minimum Gasteiger partial charge on any atom is -0.348 e. The maximum Gasteiger partial charge on any atom is 0.270 e. The number of aromatic amines is 1. The molecule has 4 rings (SSSR count). The third kappa shape index (κ3) is 3.72. The van der Waals surface area contributed by atoms with Crippen LogP contribution in [0.15, 0.2) is 33.8 Å². The lowest BCUT2D eigenvalue weighted by Crippen LogP contribution is -2.38. The summed E-state index contributed by atoms with van der Waals surface area (Å²) in [4.78, 5) is 37.3. The molecule has 10 heteroatoms. The van der Waals surface area contributed by atoms with E-state index >= 15 is 0 Å². The molecule has 0 unspecified atom stereocenters. The van der Waals surface area contributed by atoms with Crippen LogP contribution in [-0.4, -0.2) is 33.9 Å². The van der Waals surface area contributed by atoms with Crippen LogP contribution in [-0.2, 0) is 4.79 Å². The second-order valence-electron chi connectivity index (χ2n) is 6.26. The summed E-state index contributed by atoms with van der Waals surface area (Å²) in [6, 6.07) is 4.54. The first kappa shape index (κ1) is 18.1. The molecule has 27 heavy (non-hydrogen) atoms. The van der Waals surface area contributed by atoms with Gasteiger partial charge in [-0.05, 0) is 31.0 Å². The van der Waals surface area contributed by atoms with Gasteiger partial charge in [-0.15, -0.1) is 0 Å². The van der Waals surface area contributed by atoms with Gasteiger partial charge >= 0.3 is 0 Å². The number of thiazole rings is 1. The third-order valence-electron chi connectivity index (χ3n) is 4.51. The number of aromatic nitrogens is 3. The third-order valence-corrected chi connectivity index (χ3v) is 6.11. The first-order chi connectivity index (χ1) is 13.0. The van der Waals surface area contributed by atoms with Crippen molar-refractivity contribution >= 4 is 54.3 Å². The number of nitrogens with one attached hydrogen (secondary N) is 2. The van der Waals surface area contributed by atoms with Crippen LogP contribution in [0.1, 0.15) is 12.8 Å². The zero-order valence-electron chi connectivity index (χ0n) is 14.0. The molecule has 1 aliphatic heterocycles. The summed E-state index contributed by atoms with van der Waals surface area (Å²) >= 11 is 4.50. The molecular formula is C17H15BrFN5O2S. The van der Waals surface area contributed by atoms with E-state index in [2.05, 4.69) is 41.1 Å². The Kier molecular flexibility index (Phi) is 4.92. The van der Waals surface area contributed by atoms with Crippen molar-refractivity contribution in [2.45, 2.75) is 12.8 Å². The minimum absolute atomic E-state index is 0.182. The van der Waals surface area contributed by atoms with Crippen LogP contribution in [0.4, 0.5) is 15.2 Å². The first-order valence-corrected chi connectivity index (χ1v) is 9.97. The normalized spacial score (nSPS) is 15.3. The fourth-order valence-electron chi connectivity index (χ4n) is 3.05. The Morgan fingerprint density at radius 2 is 2.15 bits per heavy atom. The summed E-state index contributed by atoms with van der Waals surface area (Å²) in [5.41, 5.74) is 0.418. The number of nitrogens with zero attached hydrogens (tertiary/aromatic N) is 3. The molecule has 1 aliphatic rings. The van der Waals surface area contributed by atoms with E-state index in [9.17, 15) is 14.0 Å². The summed E-state index contributed by atoms with van der Waals surface area (Å²) in [5.74, 6) is -0.846. The van der Waals surface area contributed by atoms with Gasteiger partial charge in [0.25, 0.3) is 5.56 Å². The van der Waals surface area contributed by atoms with Crippen LogP contribution in [0.5, 0.6) is 0 Å². The lowest BCUT2D eigenvalue weighted by Gasteiger charge is -2.30. The van der Waals surface area contributed by atoms with Gasteiger partial charge in [0, 0.05) is 23.5 Å². The van der Waals surface area contributed by atoms with E-state index in [0.29, 0.717) is 40.8 Å². The Labute approximate surface area is 165 Å². The Morgan fingerprint density at radius 3 is 2.85 bits per heavy atom. The largest absolute Gasteiger partial charge is 0.348 e. The number of amides is 1. The predicted molar refractivity (Wildman–Crippen MR) is 106 cm³/mol. The zero-order valence-corrected chi connectivity index (χ0v) is 16.4. The van der Waals surface area contributed by atoms with Crippen molar-refractivity contribution in [1.29, 1.82) is 0 Å². The molecule has 0 spiro atoms. The van der Waals surface area contributed by atoms with Gasteiger partial charge in [-0.2, -0.15) is 4.98 Å². The highest BCUT2D eigenvalue weighted by molar-refractivity contribution is 9.10. The van der Waals surface area contributed by atoms with Crippen LogP contribution in [0.25, 0.3) is 10.3 Å². The molecule has 1 fully saturated rings. The van der Waals surface area contributed by atoms with Crippen molar-refractivity contribution in [2.24, 2.45) is 5.92 Å². The quantitative estimate of drug-likeness (QED) is 0.638. The number of carbonyl (C=O) groups is 1. The van der Waals surface area contributed by atoms with Crippen LogP contribution >= 0.6 is 27.3 Å². The van der Waals surface area contributed by atoms with E-state index in [4.69, 9.17) is 0 Å². The Morgan fingerprint density at radius 1 is 1.37 bits per heavy atom. The molecular weight excluding hydrogens is 437 g/mol. The van der Waals surface area contributed by atoms with Crippen LogP contribution in [0, 0.1) is 11.7 Å². The van der Waals surface area contributed by atoms with E-state index in [-0.39, 0.29) is 23.1 Å². The molecule has 0 bridgehead atoms.